The molecule has 1 amide bonds. The van der Waals surface area contributed by atoms with E-state index in [2.05, 4.69) is 42.0 Å². The third-order valence-electron chi connectivity index (χ3n) is 5.32. The average molecular weight is 377 g/mol. The molecule has 5 nitrogen and oxygen atoms in total. The summed E-state index contributed by atoms with van der Waals surface area (Å²) in [5, 5.41) is 12.3. The topological polar surface area (TPSA) is 69.0 Å². The van der Waals surface area contributed by atoms with Crippen LogP contribution in [-0.2, 0) is 0 Å². The molecule has 2 heterocycles. The number of hydrogen-bond acceptors (Lipinski definition) is 4. The van der Waals surface area contributed by atoms with Gasteiger partial charge >= 0.3 is 0 Å². The third kappa shape index (κ3) is 4.96. The van der Waals surface area contributed by atoms with E-state index in [1.807, 2.05) is 24.3 Å². The molecule has 1 aromatic carbocycles. The van der Waals surface area contributed by atoms with Crippen molar-refractivity contribution in [2.24, 2.45) is 5.41 Å². The van der Waals surface area contributed by atoms with E-state index in [1.54, 1.807) is 18.3 Å². The Hall–Kier alpha value is -2.71. The molecule has 0 aliphatic carbocycles. The van der Waals surface area contributed by atoms with Gasteiger partial charge in [-0.25, -0.2) is 0 Å². The van der Waals surface area contributed by atoms with E-state index in [0.29, 0.717) is 11.1 Å². The van der Waals surface area contributed by atoms with Crippen LogP contribution in [0.15, 0.2) is 42.6 Å². The lowest BCUT2D eigenvalue weighted by molar-refractivity contribution is 0.0878. The quantitative estimate of drug-likeness (QED) is 0.860. The summed E-state index contributed by atoms with van der Waals surface area (Å²) in [4.78, 5) is 19.6. The van der Waals surface area contributed by atoms with Crippen molar-refractivity contribution in [1.82, 2.24) is 15.2 Å². The van der Waals surface area contributed by atoms with Gasteiger partial charge in [-0.2, -0.15) is 5.26 Å². The van der Waals surface area contributed by atoms with Crippen molar-refractivity contribution in [3.63, 3.8) is 0 Å². The van der Waals surface area contributed by atoms with Gasteiger partial charge in [0.1, 0.15) is 0 Å². The Balaban J connectivity index is 1.71. The molecule has 1 N–H and O–H groups in total. The summed E-state index contributed by atoms with van der Waals surface area (Å²) >= 11 is 0. The number of rotatable bonds is 5. The first-order valence-electron chi connectivity index (χ1n) is 9.86. The van der Waals surface area contributed by atoms with Crippen LogP contribution in [0.4, 0.5) is 0 Å². The molecule has 2 aromatic rings. The van der Waals surface area contributed by atoms with Crippen molar-refractivity contribution in [2.45, 2.75) is 39.7 Å². The van der Waals surface area contributed by atoms with Gasteiger partial charge in [-0.15, -0.1) is 0 Å². The van der Waals surface area contributed by atoms with Gasteiger partial charge in [-0.3, -0.25) is 9.78 Å². The molecule has 1 atom stereocenters. The van der Waals surface area contributed by atoms with Gasteiger partial charge in [-0.1, -0.05) is 32.9 Å². The summed E-state index contributed by atoms with van der Waals surface area (Å²) in [5.74, 6) is -0.0515. The van der Waals surface area contributed by atoms with Crippen molar-refractivity contribution in [2.75, 3.05) is 19.6 Å². The molecule has 0 bridgehead atoms. The number of nitrogens with zero attached hydrogens (tertiary/aromatic N) is 3. The second kappa shape index (κ2) is 8.53. The molecular formula is C23H28N4O. The summed E-state index contributed by atoms with van der Waals surface area (Å²) in [5.41, 5.74) is 2.81. The molecule has 1 aliphatic rings. The number of nitrogens with one attached hydrogen (secondary N) is 1. The van der Waals surface area contributed by atoms with Crippen LogP contribution < -0.4 is 5.32 Å². The summed E-state index contributed by atoms with van der Waals surface area (Å²) in [6.07, 6.45) is 4.11. The van der Waals surface area contributed by atoms with E-state index in [1.165, 1.54) is 12.8 Å². The number of likely N-dealkylation sites (tertiary alicyclic amines) is 1. The first-order chi connectivity index (χ1) is 13.4. The SMILES string of the molecule is CC(C)(C)C(CN1CCCC1)NC(=O)c1ccc(-c2cc(C#N)ccn2)cc1. The third-order valence-corrected chi connectivity index (χ3v) is 5.32. The predicted molar refractivity (Wildman–Crippen MR) is 111 cm³/mol. The molecule has 1 saturated heterocycles. The van der Waals surface area contributed by atoms with E-state index in [-0.39, 0.29) is 17.4 Å². The molecule has 0 radical (unpaired) electrons. The zero-order valence-electron chi connectivity index (χ0n) is 16.9. The molecule has 3 rings (SSSR count). The van der Waals surface area contributed by atoms with E-state index >= 15 is 0 Å². The molecule has 146 valence electrons. The molecule has 28 heavy (non-hydrogen) atoms. The van der Waals surface area contributed by atoms with Crippen LogP contribution in [0.5, 0.6) is 0 Å². The largest absolute Gasteiger partial charge is 0.347 e. The Bertz CT molecular complexity index is 855. The standard InChI is InChI=1S/C23H28N4O/c1-23(2,3)21(16-27-12-4-5-13-27)26-22(28)19-8-6-18(7-9-19)20-14-17(15-24)10-11-25-20/h6-11,14,21H,4-5,12-13,16H2,1-3H3,(H,26,28). The Morgan fingerprint density at radius 2 is 1.89 bits per heavy atom. The number of aromatic nitrogens is 1. The highest BCUT2D eigenvalue weighted by Gasteiger charge is 2.29. The minimum Gasteiger partial charge on any atom is -0.347 e. The fraction of sp³-hybridized carbons (Fsp3) is 0.435. The van der Waals surface area contributed by atoms with E-state index in [4.69, 9.17) is 5.26 Å². The van der Waals surface area contributed by atoms with Gasteiger partial charge in [-0.05, 0) is 55.6 Å². The first kappa shape index (κ1) is 20.0. The van der Waals surface area contributed by atoms with Gasteiger partial charge in [0.2, 0.25) is 0 Å². The highest BCUT2D eigenvalue weighted by atomic mass is 16.1. The molecule has 1 aromatic heterocycles. The number of carbonyl (C=O) groups excluding carboxylic acids is 1. The van der Waals surface area contributed by atoms with Gasteiger partial charge in [0.15, 0.2) is 0 Å². The molecule has 1 aliphatic heterocycles. The summed E-state index contributed by atoms with van der Waals surface area (Å²) in [7, 11) is 0. The van der Waals surface area contributed by atoms with Crippen LogP contribution in [0.2, 0.25) is 0 Å². The fourth-order valence-corrected chi connectivity index (χ4v) is 3.45. The minimum atomic E-state index is -0.0515. The number of hydrogen-bond donors (Lipinski definition) is 1. The van der Waals surface area contributed by atoms with E-state index < -0.39 is 0 Å². The second-order valence-electron chi connectivity index (χ2n) is 8.52. The van der Waals surface area contributed by atoms with Gasteiger partial charge in [0, 0.05) is 29.9 Å². The normalized spacial score (nSPS) is 15.8. The minimum absolute atomic E-state index is 0.0140. The Morgan fingerprint density at radius 3 is 2.50 bits per heavy atom. The van der Waals surface area contributed by atoms with Gasteiger partial charge in [0.05, 0.1) is 17.3 Å². The maximum absolute atomic E-state index is 12.8. The molecule has 0 spiro atoms. The Labute approximate surface area is 167 Å². The van der Waals surface area contributed by atoms with E-state index in [0.717, 1.165) is 30.9 Å². The summed E-state index contributed by atoms with van der Waals surface area (Å²) in [6.45, 7) is 9.64. The highest BCUT2D eigenvalue weighted by molar-refractivity contribution is 5.94. The van der Waals surface area contributed by atoms with E-state index in [9.17, 15) is 4.79 Å². The average Bonchev–Trinajstić information content (AvgIpc) is 3.20. The Morgan fingerprint density at radius 1 is 1.21 bits per heavy atom. The van der Waals surface area contributed by atoms with Crippen molar-refractivity contribution in [3.8, 4) is 17.3 Å². The zero-order valence-corrected chi connectivity index (χ0v) is 16.9. The van der Waals surface area contributed by atoms with Crippen LogP contribution in [0.3, 0.4) is 0 Å². The number of benzene rings is 1. The van der Waals surface area contributed by atoms with Crippen molar-refractivity contribution >= 4 is 5.91 Å². The Kier molecular flexibility index (Phi) is 6.11. The molecule has 1 fully saturated rings. The van der Waals surface area contributed by atoms with Crippen LogP contribution >= 0.6 is 0 Å². The maximum atomic E-state index is 12.8. The number of carbonyl (C=O) groups is 1. The van der Waals surface area contributed by atoms with Crippen LogP contribution in [0, 0.1) is 16.7 Å². The lowest BCUT2D eigenvalue weighted by Crippen LogP contribution is -2.50. The molecule has 1 unspecified atom stereocenters. The number of amides is 1. The van der Waals surface area contributed by atoms with Crippen LogP contribution in [0.25, 0.3) is 11.3 Å². The summed E-state index contributed by atoms with van der Waals surface area (Å²) in [6, 6.07) is 13.0. The smallest absolute Gasteiger partial charge is 0.251 e. The fourth-order valence-electron chi connectivity index (χ4n) is 3.45. The maximum Gasteiger partial charge on any atom is 0.251 e. The lowest BCUT2D eigenvalue weighted by atomic mass is 9.86. The molecule has 0 saturated carbocycles. The van der Waals surface area contributed by atoms with Crippen molar-refractivity contribution in [3.05, 3.63) is 53.7 Å². The lowest BCUT2D eigenvalue weighted by Gasteiger charge is -2.34. The molecular weight excluding hydrogens is 348 g/mol. The first-order valence-corrected chi connectivity index (χ1v) is 9.86. The van der Waals surface area contributed by atoms with Crippen LogP contribution in [-0.4, -0.2) is 41.5 Å². The highest BCUT2D eigenvalue weighted by Crippen LogP contribution is 2.23. The number of pyridine rings is 1. The van der Waals surface area contributed by atoms with Gasteiger partial charge < -0.3 is 10.2 Å². The monoisotopic (exact) mass is 376 g/mol. The second-order valence-corrected chi connectivity index (χ2v) is 8.52. The number of nitriles is 1. The summed E-state index contributed by atoms with van der Waals surface area (Å²) < 4.78 is 0. The van der Waals surface area contributed by atoms with Crippen molar-refractivity contribution < 1.29 is 4.79 Å². The van der Waals surface area contributed by atoms with Crippen molar-refractivity contribution in [1.29, 1.82) is 5.26 Å². The molecule has 5 heteroatoms. The zero-order chi connectivity index (χ0) is 20.1. The predicted octanol–water partition coefficient (Wildman–Crippen LogP) is 3.86. The van der Waals surface area contributed by atoms with Crippen LogP contribution in [0.1, 0.15) is 49.5 Å². The van der Waals surface area contributed by atoms with Gasteiger partial charge in [0.25, 0.3) is 5.91 Å².